The van der Waals surface area contributed by atoms with Crippen LogP contribution in [0.4, 0.5) is 0 Å². The van der Waals surface area contributed by atoms with E-state index in [1.165, 1.54) is 11.3 Å². The third kappa shape index (κ3) is 3.76. The third-order valence-corrected chi connectivity index (χ3v) is 5.05. The Hall–Kier alpha value is -2.34. The van der Waals surface area contributed by atoms with Gasteiger partial charge < -0.3 is 15.0 Å². The number of carbonyl (C=O) groups excluding carboxylic acids is 2. The average molecular weight is 344 g/mol. The number of ether oxygens (including phenoxy) is 1. The quantitative estimate of drug-likeness (QED) is 0.928. The van der Waals surface area contributed by atoms with Crippen molar-refractivity contribution in [1.29, 1.82) is 0 Å². The van der Waals surface area contributed by atoms with Crippen molar-refractivity contribution in [3.8, 4) is 5.75 Å². The monoisotopic (exact) mass is 344 g/mol. The SMILES string of the molecule is COc1cccc(C(=O)N2CCC(NC(=O)c3cccs3)CC2)c1. The van der Waals surface area contributed by atoms with Gasteiger partial charge in [0, 0.05) is 24.7 Å². The Labute approximate surface area is 145 Å². The number of likely N-dealkylation sites (tertiary alicyclic amines) is 1. The van der Waals surface area contributed by atoms with Crippen LogP contribution >= 0.6 is 11.3 Å². The van der Waals surface area contributed by atoms with E-state index in [1.54, 1.807) is 19.2 Å². The van der Waals surface area contributed by atoms with Crippen LogP contribution in [0.2, 0.25) is 0 Å². The predicted octanol–water partition coefficient (Wildman–Crippen LogP) is 2.79. The highest BCUT2D eigenvalue weighted by Crippen LogP contribution is 2.18. The molecule has 2 heterocycles. The minimum Gasteiger partial charge on any atom is -0.497 e. The Balaban J connectivity index is 1.54. The van der Waals surface area contributed by atoms with Gasteiger partial charge in [0.2, 0.25) is 0 Å². The lowest BCUT2D eigenvalue weighted by Gasteiger charge is -2.32. The second-order valence-electron chi connectivity index (χ2n) is 5.75. The zero-order chi connectivity index (χ0) is 16.9. The van der Waals surface area contributed by atoms with Crippen LogP contribution in [-0.4, -0.2) is 43.0 Å². The smallest absolute Gasteiger partial charge is 0.261 e. The van der Waals surface area contributed by atoms with Crippen LogP contribution in [0.15, 0.2) is 41.8 Å². The first kappa shape index (κ1) is 16.5. The van der Waals surface area contributed by atoms with Gasteiger partial charge in [0.15, 0.2) is 0 Å². The first-order valence-electron chi connectivity index (χ1n) is 7.95. The summed E-state index contributed by atoms with van der Waals surface area (Å²) in [6.45, 7) is 1.29. The fourth-order valence-electron chi connectivity index (χ4n) is 2.83. The molecule has 2 amide bonds. The van der Waals surface area contributed by atoms with Crippen molar-refractivity contribution in [2.24, 2.45) is 0 Å². The summed E-state index contributed by atoms with van der Waals surface area (Å²) in [7, 11) is 1.59. The highest BCUT2D eigenvalue weighted by Gasteiger charge is 2.25. The number of piperidine rings is 1. The summed E-state index contributed by atoms with van der Waals surface area (Å²) in [5.41, 5.74) is 0.635. The number of amides is 2. The van der Waals surface area contributed by atoms with Crippen LogP contribution in [0, 0.1) is 0 Å². The molecular formula is C18H20N2O3S. The maximum absolute atomic E-state index is 12.6. The number of thiophene rings is 1. The molecule has 0 aliphatic carbocycles. The van der Waals surface area contributed by atoms with Crippen LogP contribution in [0.1, 0.15) is 32.9 Å². The Morgan fingerprint density at radius 3 is 2.67 bits per heavy atom. The summed E-state index contributed by atoms with van der Waals surface area (Å²) >= 11 is 1.44. The highest BCUT2D eigenvalue weighted by atomic mass is 32.1. The van der Waals surface area contributed by atoms with E-state index >= 15 is 0 Å². The van der Waals surface area contributed by atoms with E-state index in [1.807, 2.05) is 34.5 Å². The first-order valence-corrected chi connectivity index (χ1v) is 8.83. The third-order valence-electron chi connectivity index (χ3n) is 4.18. The fourth-order valence-corrected chi connectivity index (χ4v) is 3.46. The Morgan fingerprint density at radius 2 is 2.00 bits per heavy atom. The van der Waals surface area contributed by atoms with Gasteiger partial charge in [0.25, 0.3) is 11.8 Å². The summed E-state index contributed by atoms with van der Waals surface area (Å²) in [4.78, 5) is 27.2. The first-order chi connectivity index (χ1) is 11.7. The van der Waals surface area contributed by atoms with Crippen LogP contribution < -0.4 is 10.1 Å². The predicted molar refractivity (Wildman–Crippen MR) is 93.7 cm³/mol. The lowest BCUT2D eigenvalue weighted by atomic mass is 10.0. The molecule has 6 heteroatoms. The van der Waals surface area contributed by atoms with Crippen molar-refractivity contribution >= 4 is 23.2 Å². The maximum atomic E-state index is 12.6. The number of rotatable bonds is 4. The number of hydrogen-bond donors (Lipinski definition) is 1. The van der Waals surface area contributed by atoms with E-state index in [4.69, 9.17) is 4.74 Å². The van der Waals surface area contributed by atoms with E-state index in [0.717, 1.165) is 17.7 Å². The molecule has 1 aliphatic heterocycles. The molecular weight excluding hydrogens is 324 g/mol. The summed E-state index contributed by atoms with van der Waals surface area (Å²) in [6, 6.07) is 11.0. The second kappa shape index (κ2) is 7.49. The molecule has 1 N–H and O–H groups in total. The molecule has 0 atom stereocenters. The van der Waals surface area contributed by atoms with E-state index < -0.39 is 0 Å². The van der Waals surface area contributed by atoms with Crippen molar-refractivity contribution < 1.29 is 14.3 Å². The van der Waals surface area contributed by atoms with Gasteiger partial charge in [-0.05, 0) is 42.5 Å². The van der Waals surface area contributed by atoms with Crippen molar-refractivity contribution in [3.63, 3.8) is 0 Å². The molecule has 1 aromatic heterocycles. The van der Waals surface area contributed by atoms with Crippen LogP contribution in [0.3, 0.4) is 0 Å². The van der Waals surface area contributed by atoms with Crippen molar-refractivity contribution in [1.82, 2.24) is 10.2 Å². The largest absolute Gasteiger partial charge is 0.497 e. The zero-order valence-electron chi connectivity index (χ0n) is 13.5. The molecule has 24 heavy (non-hydrogen) atoms. The number of carbonyl (C=O) groups is 2. The van der Waals surface area contributed by atoms with Gasteiger partial charge >= 0.3 is 0 Å². The van der Waals surface area contributed by atoms with Crippen LogP contribution in [0.5, 0.6) is 5.75 Å². The minimum absolute atomic E-state index is 0.0110. The number of hydrogen-bond acceptors (Lipinski definition) is 4. The molecule has 2 aromatic rings. The fraction of sp³-hybridized carbons (Fsp3) is 0.333. The van der Waals surface area contributed by atoms with E-state index in [9.17, 15) is 9.59 Å². The molecule has 0 unspecified atom stereocenters. The van der Waals surface area contributed by atoms with E-state index in [0.29, 0.717) is 24.4 Å². The molecule has 5 nitrogen and oxygen atoms in total. The molecule has 0 bridgehead atoms. The highest BCUT2D eigenvalue weighted by molar-refractivity contribution is 7.12. The Kier molecular flexibility index (Phi) is 5.15. The molecule has 0 radical (unpaired) electrons. The molecule has 1 fully saturated rings. The standard InChI is InChI=1S/C18H20N2O3S/c1-23-15-5-2-4-13(12-15)18(22)20-9-7-14(8-10-20)19-17(21)16-6-3-11-24-16/h2-6,11-12,14H,7-10H2,1H3,(H,19,21). The number of benzene rings is 1. The number of methoxy groups -OCH3 is 1. The van der Waals surface area contributed by atoms with Crippen molar-refractivity contribution in [3.05, 3.63) is 52.2 Å². The Morgan fingerprint density at radius 1 is 1.21 bits per heavy atom. The van der Waals surface area contributed by atoms with Gasteiger partial charge in [-0.25, -0.2) is 0 Å². The molecule has 126 valence electrons. The average Bonchev–Trinajstić information content (AvgIpc) is 3.16. The van der Waals surface area contributed by atoms with E-state index in [2.05, 4.69) is 5.32 Å². The van der Waals surface area contributed by atoms with Gasteiger partial charge in [-0.2, -0.15) is 0 Å². The van der Waals surface area contributed by atoms with Crippen LogP contribution in [0.25, 0.3) is 0 Å². The molecule has 1 aliphatic rings. The van der Waals surface area contributed by atoms with Crippen LogP contribution in [-0.2, 0) is 0 Å². The lowest BCUT2D eigenvalue weighted by molar-refractivity contribution is 0.0698. The van der Waals surface area contributed by atoms with Gasteiger partial charge in [0.05, 0.1) is 12.0 Å². The summed E-state index contributed by atoms with van der Waals surface area (Å²) in [5, 5.41) is 4.95. The van der Waals surface area contributed by atoms with Gasteiger partial charge in [-0.1, -0.05) is 12.1 Å². The molecule has 0 saturated carbocycles. The van der Waals surface area contributed by atoms with Crippen molar-refractivity contribution in [2.75, 3.05) is 20.2 Å². The van der Waals surface area contributed by atoms with E-state index in [-0.39, 0.29) is 17.9 Å². The van der Waals surface area contributed by atoms with Gasteiger partial charge in [0.1, 0.15) is 5.75 Å². The Bertz CT molecular complexity index is 707. The second-order valence-corrected chi connectivity index (χ2v) is 6.70. The normalized spacial score (nSPS) is 15.1. The summed E-state index contributed by atoms with van der Waals surface area (Å²) in [6.07, 6.45) is 1.54. The maximum Gasteiger partial charge on any atom is 0.261 e. The molecule has 3 rings (SSSR count). The van der Waals surface area contributed by atoms with Crippen molar-refractivity contribution in [2.45, 2.75) is 18.9 Å². The number of nitrogens with zero attached hydrogens (tertiary/aromatic N) is 1. The molecule has 1 aromatic carbocycles. The molecule has 0 spiro atoms. The summed E-state index contributed by atoms with van der Waals surface area (Å²) in [5.74, 6) is 0.665. The topological polar surface area (TPSA) is 58.6 Å². The number of nitrogens with one attached hydrogen (secondary N) is 1. The van der Waals surface area contributed by atoms with Gasteiger partial charge in [-0.15, -0.1) is 11.3 Å². The summed E-state index contributed by atoms with van der Waals surface area (Å²) < 4.78 is 5.17. The lowest BCUT2D eigenvalue weighted by Crippen LogP contribution is -2.46. The zero-order valence-corrected chi connectivity index (χ0v) is 14.3. The molecule has 1 saturated heterocycles. The minimum atomic E-state index is -0.0254. The van der Waals surface area contributed by atoms with Gasteiger partial charge in [-0.3, -0.25) is 9.59 Å².